The maximum absolute atomic E-state index is 12.2. The summed E-state index contributed by atoms with van der Waals surface area (Å²) in [6, 6.07) is 7.15. The average molecular weight is 318 g/mol. The van der Waals surface area contributed by atoms with Gasteiger partial charge in [0.15, 0.2) is 0 Å². The van der Waals surface area contributed by atoms with Gasteiger partial charge >= 0.3 is 5.97 Å². The first-order valence-electron chi connectivity index (χ1n) is 6.23. The van der Waals surface area contributed by atoms with Crippen molar-refractivity contribution in [2.45, 2.75) is 11.1 Å². The highest BCUT2D eigenvalue weighted by Crippen LogP contribution is 2.47. The Balaban J connectivity index is 2.66. The van der Waals surface area contributed by atoms with Gasteiger partial charge in [0.25, 0.3) is 0 Å². The summed E-state index contributed by atoms with van der Waals surface area (Å²) in [6.45, 7) is 9.49. The van der Waals surface area contributed by atoms with Gasteiger partial charge in [-0.15, -0.1) is 23.1 Å². The number of hydrogen-bond donors (Lipinski definition) is 1. The predicted molar refractivity (Wildman–Crippen MR) is 88.2 cm³/mol. The van der Waals surface area contributed by atoms with Gasteiger partial charge in [-0.2, -0.15) is 0 Å². The van der Waals surface area contributed by atoms with Gasteiger partial charge in [-0.1, -0.05) is 12.1 Å². The highest BCUT2D eigenvalue weighted by molar-refractivity contribution is 8.00. The molecule has 0 saturated carbocycles. The lowest BCUT2D eigenvalue weighted by Crippen LogP contribution is -2.03. The lowest BCUT2D eigenvalue weighted by molar-refractivity contribution is 0.0533. The largest absolute Gasteiger partial charge is 0.462 e. The topological polar surface area (TPSA) is 56.7 Å². The lowest BCUT2D eigenvalue weighted by Gasteiger charge is -2.05. The van der Waals surface area contributed by atoms with Crippen LogP contribution in [0.1, 0.15) is 16.6 Å². The zero-order valence-electron chi connectivity index (χ0n) is 11.7. The van der Waals surface area contributed by atoms with Crippen LogP contribution in [-0.2, 0) is 4.74 Å². The van der Waals surface area contributed by atoms with E-state index in [1.807, 2.05) is 18.4 Å². The number of ether oxygens (including phenoxy) is 1. The number of nitrogen functional groups attached to an aromatic ring is 1. The maximum Gasteiger partial charge on any atom is 0.347 e. The summed E-state index contributed by atoms with van der Waals surface area (Å²) in [6.07, 6.45) is 1.89. The highest BCUT2D eigenvalue weighted by atomic mass is 32.2. The molecule has 2 aromatic rings. The van der Waals surface area contributed by atoms with Crippen molar-refractivity contribution >= 4 is 40.4 Å². The Morgan fingerprint density at radius 3 is 2.62 bits per heavy atom. The van der Waals surface area contributed by atoms with Gasteiger partial charge in [0, 0.05) is 11.3 Å². The molecule has 4 nitrogen and oxygen atoms in total. The van der Waals surface area contributed by atoms with Gasteiger partial charge in [0.05, 0.1) is 17.4 Å². The minimum Gasteiger partial charge on any atom is -0.462 e. The number of carbonyl (C=O) groups is 1. The molecule has 1 heterocycles. The Labute approximate surface area is 131 Å². The number of thiophene rings is 1. The quantitative estimate of drug-likeness (QED) is 0.392. The number of nitrogens with zero attached hydrogens (tertiary/aromatic N) is 1. The summed E-state index contributed by atoms with van der Waals surface area (Å²) < 4.78 is 5.93. The molecular weight excluding hydrogens is 304 g/mol. The third-order valence-electron chi connectivity index (χ3n) is 2.81. The number of carbonyl (C=O) groups excluding carboxylic acids is 1. The van der Waals surface area contributed by atoms with Crippen molar-refractivity contribution in [2.24, 2.45) is 0 Å². The van der Waals surface area contributed by atoms with Crippen LogP contribution in [0.15, 0.2) is 28.5 Å². The molecule has 0 aliphatic heterocycles. The molecule has 0 radical (unpaired) electrons. The van der Waals surface area contributed by atoms with E-state index < -0.39 is 0 Å². The molecule has 0 unspecified atom stereocenters. The fourth-order valence-electron chi connectivity index (χ4n) is 1.90. The molecular formula is C15H14N2O2S2. The van der Waals surface area contributed by atoms with E-state index in [4.69, 9.17) is 17.0 Å². The molecule has 1 aromatic carbocycles. The van der Waals surface area contributed by atoms with Crippen LogP contribution in [0.5, 0.6) is 0 Å². The molecule has 108 valence electrons. The number of thioether (sulfide) groups is 1. The second-order valence-electron chi connectivity index (χ2n) is 4.10. The second-order valence-corrected chi connectivity index (χ2v) is 6.20. The standard InChI is InChI=1S/C15H14N2O2S2/c1-4-19-14(18)13-11(9-5-7-10(16)8-6-9)12(17-2)15(20-3)21-13/h5-8H,4,16H2,1,3H3. The molecule has 2 N–H and O–H groups in total. The normalized spacial score (nSPS) is 10.1. The molecule has 0 saturated heterocycles. The fourth-order valence-corrected chi connectivity index (χ4v) is 3.71. The molecule has 0 aliphatic rings. The van der Waals surface area contributed by atoms with E-state index in [0.717, 1.165) is 9.77 Å². The highest BCUT2D eigenvalue weighted by Gasteiger charge is 2.24. The van der Waals surface area contributed by atoms with Crippen molar-refractivity contribution in [2.75, 3.05) is 18.6 Å². The van der Waals surface area contributed by atoms with Crippen LogP contribution in [0.3, 0.4) is 0 Å². The Morgan fingerprint density at radius 1 is 1.43 bits per heavy atom. The van der Waals surface area contributed by atoms with Gasteiger partial charge in [0.2, 0.25) is 5.69 Å². The molecule has 6 heteroatoms. The second kappa shape index (κ2) is 6.66. The van der Waals surface area contributed by atoms with E-state index in [2.05, 4.69) is 4.85 Å². The van der Waals surface area contributed by atoms with Crippen molar-refractivity contribution in [1.29, 1.82) is 0 Å². The monoisotopic (exact) mass is 318 g/mol. The summed E-state index contributed by atoms with van der Waals surface area (Å²) in [4.78, 5) is 16.2. The SMILES string of the molecule is [C-]#[N+]c1c(SC)sc(C(=O)OCC)c1-c1ccc(N)cc1. The van der Waals surface area contributed by atoms with Crippen LogP contribution >= 0.6 is 23.1 Å². The van der Waals surface area contributed by atoms with Gasteiger partial charge in [-0.05, 0) is 30.9 Å². The van der Waals surface area contributed by atoms with Gasteiger partial charge in [-0.25, -0.2) is 9.64 Å². The number of anilines is 1. The number of hydrogen-bond acceptors (Lipinski definition) is 5. The Hall–Kier alpha value is -1.97. The molecule has 21 heavy (non-hydrogen) atoms. The van der Waals surface area contributed by atoms with Crippen LogP contribution < -0.4 is 5.73 Å². The summed E-state index contributed by atoms with van der Waals surface area (Å²) >= 11 is 2.76. The van der Waals surface area contributed by atoms with Crippen LogP contribution in [0, 0.1) is 6.57 Å². The van der Waals surface area contributed by atoms with Gasteiger partial charge < -0.3 is 10.5 Å². The van der Waals surface area contributed by atoms with Crippen molar-refractivity contribution in [3.63, 3.8) is 0 Å². The van der Waals surface area contributed by atoms with E-state index in [0.29, 0.717) is 28.4 Å². The summed E-state index contributed by atoms with van der Waals surface area (Å²) in [5.41, 5.74) is 8.28. The van der Waals surface area contributed by atoms with E-state index in [1.165, 1.54) is 23.1 Å². The van der Waals surface area contributed by atoms with Crippen molar-refractivity contribution in [3.05, 3.63) is 40.6 Å². The van der Waals surface area contributed by atoms with E-state index >= 15 is 0 Å². The van der Waals surface area contributed by atoms with Crippen LogP contribution in [0.25, 0.3) is 16.0 Å². The van der Waals surface area contributed by atoms with E-state index in [-0.39, 0.29) is 5.97 Å². The number of esters is 1. The zero-order valence-corrected chi connectivity index (χ0v) is 13.3. The Kier molecular flexibility index (Phi) is 4.89. The van der Waals surface area contributed by atoms with Gasteiger partial charge in [0.1, 0.15) is 4.88 Å². The summed E-state index contributed by atoms with van der Waals surface area (Å²) in [7, 11) is 0. The van der Waals surface area contributed by atoms with Crippen molar-refractivity contribution in [3.8, 4) is 11.1 Å². The third kappa shape index (κ3) is 3.04. The average Bonchev–Trinajstić information content (AvgIpc) is 2.87. The minimum absolute atomic E-state index is 0.305. The van der Waals surface area contributed by atoms with Crippen molar-refractivity contribution in [1.82, 2.24) is 0 Å². The molecule has 2 rings (SSSR count). The molecule has 0 spiro atoms. The molecule has 0 fully saturated rings. The molecule has 0 bridgehead atoms. The fraction of sp³-hybridized carbons (Fsp3) is 0.200. The first-order chi connectivity index (χ1) is 10.1. The Bertz CT molecular complexity index is 700. The summed E-state index contributed by atoms with van der Waals surface area (Å²) in [5.74, 6) is -0.389. The maximum atomic E-state index is 12.2. The van der Waals surface area contributed by atoms with E-state index in [1.54, 1.807) is 19.1 Å². The number of benzene rings is 1. The first kappa shape index (κ1) is 15.4. The van der Waals surface area contributed by atoms with Crippen LogP contribution in [0.4, 0.5) is 11.4 Å². The van der Waals surface area contributed by atoms with Crippen LogP contribution in [0.2, 0.25) is 0 Å². The first-order valence-corrected chi connectivity index (χ1v) is 8.27. The third-order valence-corrected chi connectivity index (χ3v) is 5.08. The smallest absolute Gasteiger partial charge is 0.347 e. The van der Waals surface area contributed by atoms with Gasteiger partial charge in [-0.3, -0.25) is 0 Å². The molecule has 0 aliphatic carbocycles. The molecule has 0 atom stereocenters. The Morgan fingerprint density at radius 2 is 2.10 bits per heavy atom. The lowest BCUT2D eigenvalue weighted by atomic mass is 10.0. The van der Waals surface area contributed by atoms with Crippen molar-refractivity contribution < 1.29 is 9.53 Å². The minimum atomic E-state index is -0.389. The number of nitrogens with two attached hydrogens (primary N) is 1. The summed E-state index contributed by atoms with van der Waals surface area (Å²) in [5, 5.41) is 0. The number of rotatable bonds is 4. The molecule has 0 amide bonds. The van der Waals surface area contributed by atoms with Crippen LogP contribution in [-0.4, -0.2) is 18.8 Å². The van der Waals surface area contributed by atoms with E-state index in [9.17, 15) is 4.79 Å². The zero-order chi connectivity index (χ0) is 15.4. The molecule has 1 aromatic heterocycles. The predicted octanol–water partition coefficient (Wildman–Crippen LogP) is 4.45.